The van der Waals surface area contributed by atoms with Crippen LogP contribution in [0, 0.1) is 0 Å². The summed E-state index contributed by atoms with van der Waals surface area (Å²) in [6.45, 7) is 6.39. The van der Waals surface area contributed by atoms with E-state index in [4.69, 9.17) is 32.9 Å². The van der Waals surface area contributed by atoms with Crippen molar-refractivity contribution in [3.05, 3.63) is 83.4 Å². The predicted octanol–water partition coefficient (Wildman–Crippen LogP) is 6.00. The van der Waals surface area contributed by atoms with Crippen LogP contribution in [0.25, 0.3) is 0 Å². The molecule has 0 amide bonds. The highest BCUT2D eigenvalue weighted by atomic mass is 35.5. The second-order valence-electron chi connectivity index (χ2n) is 6.19. The minimum atomic E-state index is -0.0602. The summed E-state index contributed by atoms with van der Waals surface area (Å²) in [5, 5.41) is 8.59. The highest BCUT2D eigenvalue weighted by Gasteiger charge is 2.03. The van der Waals surface area contributed by atoms with E-state index in [0.717, 1.165) is 21.1 Å². The summed E-state index contributed by atoms with van der Waals surface area (Å²) in [5.74, 6) is 0.848. The van der Waals surface area contributed by atoms with Crippen molar-refractivity contribution < 1.29 is 9.84 Å². The van der Waals surface area contributed by atoms with Gasteiger partial charge in [0.15, 0.2) is 0 Å². The topological polar surface area (TPSA) is 81.5 Å². The average Bonchev–Trinajstić information content (AvgIpc) is 2.78. The van der Waals surface area contributed by atoms with Crippen molar-refractivity contribution in [3.63, 3.8) is 0 Å². The molecule has 0 heterocycles. The fourth-order valence-electron chi connectivity index (χ4n) is 2.08. The molecule has 3 rings (SSSR count). The summed E-state index contributed by atoms with van der Waals surface area (Å²) in [6.07, 6.45) is 0. The molecule has 3 aromatic rings. The van der Waals surface area contributed by atoms with Gasteiger partial charge < -0.3 is 21.3 Å². The molecule has 162 valence electrons. The van der Waals surface area contributed by atoms with E-state index in [1.807, 2.05) is 74.5 Å². The van der Waals surface area contributed by atoms with E-state index < -0.39 is 0 Å². The van der Waals surface area contributed by atoms with Crippen molar-refractivity contribution >= 4 is 29.1 Å². The second-order valence-corrected chi connectivity index (χ2v) is 7.75. The van der Waals surface area contributed by atoms with Gasteiger partial charge in [-0.25, -0.2) is 0 Å². The van der Waals surface area contributed by atoms with Crippen LogP contribution in [0.3, 0.4) is 0 Å². The number of hydrogen-bond acceptors (Lipinski definition) is 5. The van der Waals surface area contributed by atoms with Crippen LogP contribution >= 0.6 is 23.4 Å². The number of benzene rings is 3. The van der Waals surface area contributed by atoms with Crippen LogP contribution in [-0.4, -0.2) is 17.8 Å². The molecule has 0 aliphatic rings. The minimum absolute atomic E-state index is 0.0602. The Hall–Kier alpha value is -2.18. The predicted molar refractivity (Wildman–Crippen MR) is 129 cm³/mol. The number of rotatable bonds is 6. The number of anilines is 1. The van der Waals surface area contributed by atoms with E-state index >= 15 is 0 Å². The van der Waals surface area contributed by atoms with Crippen molar-refractivity contribution in [2.75, 3.05) is 12.3 Å². The molecule has 0 aliphatic carbocycles. The Morgan fingerprint density at radius 1 is 0.967 bits per heavy atom. The van der Waals surface area contributed by atoms with Gasteiger partial charge in [-0.1, -0.05) is 73.6 Å². The van der Waals surface area contributed by atoms with E-state index in [-0.39, 0.29) is 12.6 Å². The number of aliphatic hydroxyl groups excluding tert-OH is 1. The molecule has 1 atom stereocenters. The number of nitrogen functional groups attached to an aromatic ring is 1. The van der Waals surface area contributed by atoms with Crippen molar-refractivity contribution in [1.82, 2.24) is 0 Å². The van der Waals surface area contributed by atoms with Crippen molar-refractivity contribution in [1.29, 1.82) is 0 Å². The van der Waals surface area contributed by atoms with Gasteiger partial charge in [-0.05, 0) is 48.9 Å². The fourth-order valence-corrected chi connectivity index (χ4v) is 3.23. The Balaban J connectivity index is 0.000000565. The largest absolute Gasteiger partial charge is 0.489 e. The van der Waals surface area contributed by atoms with Gasteiger partial charge in [0.25, 0.3) is 0 Å². The maximum atomic E-state index is 8.02. The van der Waals surface area contributed by atoms with Gasteiger partial charge in [0.2, 0.25) is 0 Å². The van der Waals surface area contributed by atoms with Crippen molar-refractivity contribution in [2.45, 2.75) is 43.2 Å². The van der Waals surface area contributed by atoms with Crippen molar-refractivity contribution in [3.8, 4) is 5.75 Å². The zero-order valence-corrected chi connectivity index (χ0v) is 19.3. The van der Waals surface area contributed by atoms with E-state index in [1.54, 1.807) is 18.7 Å². The molecule has 0 spiro atoms. The van der Waals surface area contributed by atoms with Crippen LogP contribution in [0.4, 0.5) is 5.69 Å². The molecule has 0 saturated carbocycles. The Kier molecular flexibility index (Phi) is 12.7. The molecule has 5 N–H and O–H groups in total. The molecular formula is C24H31ClN2O2S. The smallest absolute Gasteiger partial charge is 0.120 e. The minimum Gasteiger partial charge on any atom is -0.489 e. The van der Waals surface area contributed by atoms with Crippen LogP contribution < -0.4 is 16.2 Å². The highest BCUT2D eigenvalue weighted by Crippen LogP contribution is 2.33. The highest BCUT2D eigenvalue weighted by molar-refractivity contribution is 7.99. The monoisotopic (exact) mass is 446 g/mol. The molecule has 0 fully saturated rings. The number of ether oxygens (including phenoxy) is 1. The third-order valence-electron chi connectivity index (χ3n) is 3.55. The molecule has 4 nitrogen and oxygen atoms in total. The molecule has 0 bridgehead atoms. The number of nitrogens with two attached hydrogens (primary N) is 2. The summed E-state index contributed by atoms with van der Waals surface area (Å²) in [4.78, 5) is 2.14. The first kappa shape index (κ1) is 25.9. The van der Waals surface area contributed by atoms with Gasteiger partial charge >= 0.3 is 0 Å². The molecular weight excluding hydrogens is 416 g/mol. The SMILES string of the molecule is CC.C[C@@H](N)CO.Nc1ccc(Sc2cccc(OCc3ccccc3)c2)cc1Cl. The van der Waals surface area contributed by atoms with Crippen LogP contribution in [-0.2, 0) is 6.61 Å². The summed E-state index contributed by atoms with van der Waals surface area (Å²) in [6, 6.07) is 23.7. The van der Waals surface area contributed by atoms with Gasteiger partial charge in [0.05, 0.1) is 17.3 Å². The molecule has 6 heteroatoms. The lowest BCUT2D eigenvalue weighted by Crippen LogP contribution is -2.18. The lowest BCUT2D eigenvalue weighted by molar-refractivity contribution is 0.273. The van der Waals surface area contributed by atoms with E-state index in [9.17, 15) is 0 Å². The molecule has 30 heavy (non-hydrogen) atoms. The maximum absolute atomic E-state index is 8.02. The van der Waals surface area contributed by atoms with Gasteiger partial charge in [0.1, 0.15) is 12.4 Å². The van der Waals surface area contributed by atoms with E-state index in [0.29, 0.717) is 17.3 Å². The maximum Gasteiger partial charge on any atom is 0.120 e. The summed E-state index contributed by atoms with van der Waals surface area (Å²) >= 11 is 7.69. The van der Waals surface area contributed by atoms with Crippen LogP contribution in [0.5, 0.6) is 5.75 Å². The van der Waals surface area contributed by atoms with Crippen LogP contribution in [0.1, 0.15) is 26.3 Å². The average molecular weight is 447 g/mol. The van der Waals surface area contributed by atoms with Gasteiger partial charge in [0, 0.05) is 15.8 Å². The van der Waals surface area contributed by atoms with Gasteiger partial charge in [-0.2, -0.15) is 0 Å². The number of hydrogen-bond donors (Lipinski definition) is 3. The van der Waals surface area contributed by atoms with Gasteiger partial charge in [-0.3, -0.25) is 0 Å². The molecule has 0 aromatic heterocycles. The number of aliphatic hydroxyl groups is 1. The molecule has 3 aromatic carbocycles. The zero-order chi connectivity index (χ0) is 22.4. The third-order valence-corrected chi connectivity index (χ3v) is 4.86. The summed E-state index contributed by atoms with van der Waals surface area (Å²) in [7, 11) is 0. The lowest BCUT2D eigenvalue weighted by Gasteiger charge is -2.08. The number of halogens is 1. The Morgan fingerprint density at radius 3 is 2.20 bits per heavy atom. The van der Waals surface area contributed by atoms with Crippen LogP contribution in [0.15, 0.2) is 82.6 Å². The fraction of sp³-hybridized carbons (Fsp3) is 0.250. The Morgan fingerprint density at radius 2 is 1.60 bits per heavy atom. The van der Waals surface area contributed by atoms with Crippen molar-refractivity contribution in [2.24, 2.45) is 5.73 Å². The molecule has 0 unspecified atom stereocenters. The summed E-state index contributed by atoms with van der Waals surface area (Å²) < 4.78 is 5.85. The Bertz CT molecular complexity index is 861. The first-order valence-corrected chi connectivity index (χ1v) is 11.0. The first-order chi connectivity index (χ1) is 14.5. The normalized spacial score (nSPS) is 10.7. The van der Waals surface area contributed by atoms with E-state index in [1.165, 1.54) is 0 Å². The Labute approximate surface area is 189 Å². The first-order valence-electron chi connectivity index (χ1n) is 9.84. The quantitative estimate of drug-likeness (QED) is 0.404. The third kappa shape index (κ3) is 10.0. The molecule has 0 saturated heterocycles. The van der Waals surface area contributed by atoms with Gasteiger partial charge in [-0.15, -0.1) is 0 Å². The van der Waals surface area contributed by atoms with E-state index in [2.05, 4.69) is 12.1 Å². The molecule has 0 aliphatic heterocycles. The zero-order valence-electron chi connectivity index (χ0n) is 17.7. The van der Waals surface area contributed by atoms with Crippen LogP contribution in [0.2, 0.25) is 5.02 Å². The lowest BCUT2D eigenvalue weighted by atomic mass is 10.2. The molecule has 0 radical (unpaired) electrons. The summed E-state index contributed by atoms with van der Waals surface area (Å²) in [5.41, 5.74) is 12.5. The standard InChI is InChI=1S/C19H16ClNOS.C3H9NO.C2H6/c20-18-12-17(9-10-19(18)21)23-16-8-4-7-15(11-16)22-13-14-5-2-1-3-6-14;1-3(4)2-5;1-2/h1-12H,13,21H2;3,5H,2,4H2,1H3;1-2H3/t;3-;/m.1./s1. The second kappa shape index (κ2) is 14.7.